The lowest BCUT2D eigenvalue weighted by molar-refractivity contribution is -0.125. The SMILES string of the molecule is Cc1cc(C)c(OCC(=O)NCC(=O)Nc2ccc(Br)cc2C)c(C)c1. The molecule has 0 aliphatic carbocycles. The van der Waals surface area contributed by atoms with E-state index in [1.54, 1.807) is 0 Å². The summed E-state index contributed by atoms with van der Waals surface area (Å²) in [5, 5.41) is 5.34. The van der Waals surface area contributed by atoms with Gasteiger partial charge in [0.25, 0.3) is 5.91 Å². The van der Waals surface area contributed by atoms with Crippen LogP contribution >= 0.6 is 15.9 Å². The van der Waals surface area contributed by atoms with E-state index >= 15 is 0 Å². The molecular formula is C20H23BrN2O3. The number of anilines is 1. The van der Waals surface area contributed by atoms with Crippen molar-refractivity contribution in [2.45, 2.75) is 27.7 Å². The highest BCUT2D eigenvalue weighted by Gasteiger charge is 2.10. The third kappa shape index (κ3) is 5.59. The molecule has 0 saturated heterocycles. The number of nitrogens with one attached hydrogen (secondary N) is 2. The summed E-state index contributed by atoms with van der Waals surface area (Å²) in [6, 6.07) is 9.59. The van der Waals surface area contributed by atoms with E-state index < -0.39 is 0 Å². The largest absolute Gasteiger partial charge is 0.483 e. The lowest BCUT2D eigenvalue weighted by Crippen LogP contribution is -2.36. The molecular weight excluding hydrogens is 396 g/mol. The number of hydrogen-bond donors (Lipinski definition) is 2. The van der Waals surface area contributed by atoms with Crippen molar-refractivity contribution in [1.29, 1.82) is 0 Å². The van der Waals surface area contributed by atoms with E-state index in [2.05, 4.69) is 26.6 Å². The van der Waals surface area contributed by atoms with Crippen molar-refractivity contribution in [1.82, 2.24) is 5.32 Å². The van der Waals surface area contributed by atoms with Gasteiger partial charge in [0.2, 0.25) is 5.91 Å². The van der Waals surface area contributed by atoms with Crippen molar-refractivity contribution in [3.8, 4) is 5.75 Å². The Bertz CT molecular complexity index is 811. The summed E-state index contributed by atoms with van der Waals surface area (Å²) >= 11 is 3.38. The van der Waals surface area contributed by atoms with Crippen molar-refractivity contribution in [2.24, 2.45) is 0 Å². The first-order valence-corrected chi connectivity index (χ1v) is 9.09. The molecule has 0 saturated carbocycles. The van der Waals surface area contributed by atoms with Crippen molar-refractivity contribution < 1.29 is 14.3 Å². The van der Waals surface area contributed by atoms with Crippen LogP contribution in [-0.2, 0) is 9.59 Å². The summed E-state index contributed by atoms with van der Waals surface area (Å²) < 4.78 is 6.56. The van der Waals surface area contributed by atoms with Gasteiger partial charge in [0.15, 0.2) is 6.61 Å². The predicted molar refractivity (Wildman–Crippen MR) is 107 cm³/mol. The lowest BCUT2D eigenvalue weighted by Gasteiger charge is -2.13. The number of benzene rings is 2. The normalized spacial score (nSPS) is 10.3. The van der Waals surface area contributed by atoms with Crippen molar-refractivity contribution >= 4 is 33.4 Å². The maximum atomic E-state index is 12.0. The minimum atomic E-state index is -0.341. The van der Waals surface area contributed by atoms with E-state index in [0.29, 0.717) is 5.75 Å². The summed E-state index contributed by atoms with van der Waals surface area (Å²) in [6.07, 6.45) is 0. The predicted octanol–water partition coefficient (Wildman–Crippen LogP) is 3.82. The van der Waals surface area contributed by atoms with Crippen LogP contribution in [0.25, 0.3) is 0 Å². The number of amides is 2. The summed E-state index contributed by atoms with van der Waals surface area (Å²) in [5.41, 5.74) is 4.77. The van der Waals surface area contributed by atoms with Crippen LogP contribution in [0.15, 0.2) is 34.8 Å². The minimum Gasteiger partial charge on any atom is -0.483 e. The van der Waals surface area contributed by atoms with Gasteiger partial charge >= 0.3 is 0 Å². The van der Waals surface area contributed by atoms with Gasteiger partial charge in [-0.2, -0.15) is 0 Å². The van der Waals surface area contributed by atoms with Crippen LogP contribution in [0, 0.1) is 27.7 Å². The first-order valence-electron chi connectivity index (χ1n) is 8.29. The van der Waals surface area contributed by atoms with E-state index in [1.165, 1.54) is 0 Å². The number of ether oxygens (including phenoxy) is 1. The van der Waals surface area contributed by atoms with Crippen LogP contribution in [0.2, 0.25) is 0 Å². The average Bonchev–Trinajstić information content (AvgIpc) is 2.54. The standard InChI is InChI=1S/C20H23BrN2O3/c1-12-7-14(3)20(15(4)8-12)26-11-19(25)22-10-18(24)23-17-6-5-16(21)9-13(17)2/h5-9H,10-11H2,1-4H3,(H,22,25)(H,23,24). The fourth-order valence-electron chi connectivity index (χ4n) is 2.72. The molecule has 0 heterocycles. The molecule has 0 aromatic heterocycles. The Morgan fingerprint density at radius 1 is 0.962 bits per heavy atom. The van der Waals surface area contributed by atoms with E-state index in [0.717, 1.165) is 32.4 Å². The zero-order chi connectivity index (χ0) is 19.3. The molecule has 138 valence electrons. The number of carbonyl (C=O) groups excluding carboxylic acids is 2. The summed E-state index contributed by atoms with van der Waals surface area (Å²) in [6.45, 7) is 7.57. The average molecular weight is 419 g/mol. The molecule has 0 radical (unpaired) electrons. The van der Waals surface area contributed by atoms with Gasteiger partial charge in [-0.15, -0.1) is 0 Å². The van der Waals surface area contributed by atoms with Gasteiger partial charge in [-0.3, -0.25) is 9.59 Å². The van der Waals surface area contributed by atoms with Crippen LogP contribution in [0.5, 0.6) is 5.75 Å². The van der Waals surface area contributed by atoms with Gasteiger partial charge in [0, 0.05) is 10.2 Å². The summed E-state index contributed by atoms with van der Waals surface area (Å²) in [4.78, 5) is 23.9. The molecule has 6 heteroatoms. The third-order valence-electron chi connectivity index (χ3n) is 3.86. The fourth-order valence-corrected chi connectivity index (χ4v) is 3.20. The van der Waals surface area contributed by atoms with Crippen molar-refractivity contribution in [2.75, 3.05) is 18.5 Å². The smallest absolute Gasteiger partial charge is 0.258 e. The second kappa shape index (κ2) is 8.85. The zero-order valence-corrected chi connectivity index (χ0v) is 17.0. The molecule has 0 spiro atoms. The molecule has 0 unspecified atom stereocenters. The molecule has 26 heavy (non-hydrogen) atoms. The molecule has 0 fully saturated rings. The van der Waals surface area contributed by atoms with Crippen molar-refractivity contribution in [3.63, 3.8) is 0 Å². The molecule has 0 bridgehead atoms. The molecule has 0 atom stereocenters. The third-order valence-corrected chi connectivity index (χ3v) is 4.35. The second-order valence-corrected chi connectivity index (χ2v) is 7.22. The Morgan fingerprint density at radius 3 is 2.23 bits per heavy atom. The van der Waals surface area contributed by atoms with Gasteiger partial charge in [-0.25, -0.2) is 0 Å². The monoisotopic (exact) mass is 418 g/mol. The highest BCUT2D eigenvalue weighted by molar-refractivity contribution is 9.10. The van der Waals surface area contributed by atoms with E-state index in [4.69, 9.17) is 4.74 Å². The van der Waals surface area contributed by atoms with Crippen LogP contribution in [0.4, 0.5) is 5.69 Å². The minimum absolute atomic E-state index is 0.108. The highest BCUT2D eigenvalue weighted by Crippen LogP contribution is 2.24. The molecule has 2 aromatic rings. The Balaban J connectivity index is 1.82. The van der Waals surface area contributed by atoms with E-state index in [9.17, 15) is 9.59 Å². The van der Waals surface area contributed by atoms with Crippen LogP contribution < -0.4 is 15.4 Å². The molecule has 0 aliphatic rings. The lowest BCUT2D eigenvalue weighted by atomic mass is 10.1. The maximum Gasteiger partial charge on any atom is 0.258 e. The highest BCUT2D eigenvalue weighted by atomic mass is 79.9. The molecule has 0 aliphatic heterocycles. The number of aryl methyl sites for hydroxylation is 4. The molecule has 2 aromatic carbocycles. The van der Waals surface area contributed by atoms with Crippen LogP contribution in [-0.4, -0.2) is 25.0 Å². The molecule has 5 nitrogen and oxygen atoms in total. The number of carbonyl (C=O) groups is 2. The second-order valence-electron chi connectivity index (χ2n) is 6.30. The first kappa shape index (κ1) is 20.0. The Morgan fingerprint density at radius 2 is 1.62 bits per heavy atom. The van der Waals surface area contributed by atoms with E-state index in [-0.39, 0.29) is 25.0 Å². The summed E-state index contributed by atoms with van der Waals surface area (Å²) in [7, 11) is 0. The number of hydrogen-bond acceptors (Lipinski definition) is 3. The Labute approximate surface area is 162 Å². The van der Waals surface area contributed by atoms with Gasteiger partial charge in [-0.1, -0.05) is 33.6 Å². The summed E-state index contributed by atoms with van der Waals surface area (Å²) in [5.74, 6) is 0.0826. The van der Waals surface area contributed by atoms with Gasteiger partial charge in [0.1, 0.15) is 5.75 Å². The molecule has 2 amide bonds. The quantitative estimate of drug-likeness (QED) is 0.748. The van der Waals surface area contributed by atoms with Crippen molar-refractivity contribution in [3.05, 3.63) is 57.1 Å². The molecule has 2 N–H and O–H groups in total. The Hall–Kier alpha value is -2.34. The fraction of sp³-hybridized carbons (Fsp3) is 0.300. The van der Waals surface area contributed by atoms with Gasteiger partial charge in [-0.05, 0) is 62.6 Å². The van der Waals surface area contributed by atoms with Crippen LogP contribution in [0.3, 0.4) is 0 Å². The number of halogens is 1. The van der Waals surface area contributed by atoms with Gasteiger partial charge < -0.3 is 15.4 Å². The van der Waals surface area contributed by atoms with E-state index in [1.807, 2.05) is 58.0 Å². The maximum absolute atomic E-state index is 12.0. The van der Waals surface area contributed by atoms with Crippen LogP contribution in [0.1, 0.15) is 22.3 Å². The number of rotatable bonds is 6. The molecule has 2 rings (SSSR count). The zero-order valence-electron chi connectivity index (χ0n) is 15.4. The van der Waals surface area contributed by atoms with Gasteiger partial charge in [0.05, 0.1) is 6.54 Å². The first-order chi connectivity index (χ1) is 12.3. The Kier molecular flexibility index (Phi) is 6.80. The topological polar surface area (TPSA) is 67.4 Å².